The number of nitrogens with one attached hydrogen (secondary N) is 2. The van der Waals surface area contributed by atoms with Crippen molar-refractivity contribution in [2.75, 3.05) is 6.61 Å². The number of carbonyl (C=O) groups excluding carboxylic acids is 1. The fraction of sp³-hybridized carbons (Fsp3) is 0.643. The zero-order valence-corrected chi connectivity index (χ0v) is 11.1. The molecule has 3 N–H and O–H groups in total. The average Bonchev–Trinajstić information content (AvgIpc) is 3.06. The number of aromatic nitrogens is 1. The van der Waals surface area contributed by atoms with Crippen LogP contribution >= 0.6 is 0 Å². The summed E-state index contributed by atoms with van der Waals surface area (Å²) in [5.74, 6) is 0.440. The number of aliphatic hydroxyl groups excluding tert-OH is 1. The average molecular weight is 250 g/mol. The Morgan fingerprint density at radius 3 is 2.89 bits per heavy atom. The summed E-state index contributed by atoms with van der Waals surface area (Å²) < 4.78 is 0. The van der Waals surface area contributed by atoms with Gasteiger partial charge in [0.1, 0.15) is 0 Å². The molecule has 1 saturated carbocycles. The van der Waals surface area contributed by atoms with Gasteiger partial charge in [-0.15, -0.1) is 0 Å². The minimum atomic E-state index is -0.524. The maximum absolute atomic E-state index is 12.3. The number of hydrogen-bond acceptors (Lipinski definition) is 2. The zero-order chi connectivity index (χ0) is 13.2. The summed E-state index contributed by atoms with van der Waals surface area (Å²) in [6.45, 7) is 3.90. The lowest BCUT2D eigenvalue weighted by Gasteiger charge is -2.28. The van der Waals surface area contributed by atoms with Crippen LogP contribution in [0.25, 0.3) is 0 Å². The third-order valence-electron chi connectivity index (χ3n) is 3.58. The highest BCUT2D eigenvalue weighted by molar-refractivity contribution is 5.96. The number of aliphatic hydroxyl groups is 1. The molecular formula is C14H22N2O2. The Balaban J connectivity index is 2.08. The fourth-order valence-electron chi connectivity index (χ4n) is 2.36. The van der Waals surface area contributed by atoms with Gasteiger partial charge in [0.25, 0.3) is 5.91 Å². The van der Waals surface area contributed by atoms with E-state index >= 15 is 0 Å². The van der Waals surface area contributed by atoms with Crippen LogP contribution in [-0.2, 0) is 0 Å². The van der Waals surface area contributed by atoms with Crippen molar-refractivity contribution in [3.05, 3.63) is 23.5 Å². The molecule has 2 rings (SSSR count). The summed E-state index contributed by atoms with van der Waals surface area (Å²) in [6.07, 6.45) is 5.84. The van der Waals surface area contributed by atoms with E-state index in [4.69, 9.17) is 0 Å². The molecule has 0 bridgehead atoms. The van der Waals surface area contributed by atoms with Crippen LogP contribution in [-0.4, -0.2) is 28.1 Å². The maximum atomic E-state index is 12.3. The smallest absolute Gasteiger partial charge is 0.253 e. The second-order valence-electron chi connectivity index (χ2n) is 5.50. The molecule has 1 aromatic rings. The quantitative estimate of drug-likeness (QED) is 0.724. The van der Waals surface area contributed by atoms with Gasteiger partial charge in [0, 0.05) is 11.9 Å². The van der Waals surface area contributed by atoms with Gasteiger partial charge in [0.15, 0.2) is 0 Å². The van der Waals surface area contributed by atoms with Crippen LogP contribution in [0.5, 0.6) is 0 Å². The van der Waals surface area contributed by atoms with Crippen LogP contribution in [0, 0.1) is 0 Å². The molecule has 100 valence electrons. The molecule has 4 heteroatoms. The number of hydrogen-bond donors (Lipinski definition) is 3. The summed E-state index contributed by atoms with van der Waals surface area (Å²) >= 11 is 0. The molecule has 0 aromatic carbocycles. The topological polar surface area (TPSA) is 65.1 Å². The van der Waals surface area contributed by atoms with Gasteiger partial charge in [-0.25, -0.2) is 0 Å². The summed E-state index contributed by atoms with van der Waals surface area (Å²) in [5.41, 5.74) is 1.25. The first kappa shape index (κ1) is 13.1. The SMILES string of the molecule is CCC[C@@](C)(CO)NC(=O)c1cc[nH]c1C1CC1. The molecule has 0 aliphatic heterocycles. The first-order valence-corrected chi connectivity index (χ1v) is 6.70. The van der Waals surface area contributed by atoms with E-state index in [0.717, 1.165) is 36.9 Å². The van der Waals surface area contributed by atoms with E-state index in [1.165, 1.54) is 0 Å². The van der Waals surface area contributed by atoms with Crippen molar-refractivity contribution < 1.29 is 9.90 Å². The van der Waals surface area contributed by atoms with Crippen LogP contribution in [0.15, 0.2) is 12.3 Å². The monoisotopic (exact) mass is 250 g/mol. The van der Waals surface area contributed by atoms with E-state index in [9.17, 15) is 9.90 Å². The molecule has 1 aliphatic rings. The molecule has 1 fully saturated rings. The predicted octanol–water partition coefficient (Wildman–Crippen LogP) is 2.17. The lowest BCUT2D eigenvalue weighted by Crippen LogP contribution is -2.48. The molecule has 1 amide bonds. The minimum absolute atomic E-state index is 0.0320. The molecule has 1 heterocycles. The Kier molecular flexibility index (Phi) is 3.76. The number of amides is 1. The van der Waals surface area contributed by atoms with Crippen molar-refractivity contribution in [1.82, 2.24) is 10.3 Å². The maximum Gasteiger partial charge on any atom is 0.253 e. The van der Waals surface area contributed by atoms with Gasteiger partial charge in [-0.05, 0) is 38.2 Å². The summed E-state index contributed by atoms with van der Waals surface area (Å²) in [7, 11) is 0. The van der Waals surface area contributed by atoms with Crippen LogP contribution in [0.1, 0.15) is 61.5 Å². The van der Waals surface area contributed by atoms with E-state index in [1.54, 1.807) is 0 Å². The molecule has 4 nitrogen and oxygen atoms in total. The normalized spacial score (nSPS) is 18.4. The van der Waals surface area contributed by atoms with E-state index in [2.05, 4.69) is 10.3 Å². The molecule has 1 atom stereocenters. The lowest BCUT2D eigenvalue weighted by molar-refractivity contribution is 0.0840. The number of aromatic amines is 1. The number of H-pyrrole nitrogens is 1. The zero-order valence-electron chi connectivity index (χ0n) is 11.1. The Labute approximate surface area is 108 Å². The van der Waals surface area contributed by atoms with Crippen LogP contribution in [0.4, 0.5) is 0 Å². The number of carbonyl (C=O) groups is 1. The molecule has 0 unspecified atom stereocenters. The third kappa shape index (κ3) is 2.75. The third-order valence-corrected chi connectivity index (χ3v) is 3.58. The highest BCUT2D eigenvalue weighted by atomic mass is 16.3. The Bertz CT molecular complexity index is 423. The van der Waals surface area contributed by atoms with Crippen molar-refractivity contribution in [3.63, 3.8) is 0 Å². The van der Waals surface area contributed by atoms with Crippen LogP contribution in [0.2, 0.25) is 0 Å². The molecule has 1 aromatic heterocycles. The van der Waals surface area contributed by atoms with Gasteiger partial charge in [-0.2, -0.15) is 0 Å². The Hall–Kier alpha value is -1.29. The number of rotatable bonds is 6. The van der Waals surface area contributed by atoms with E-state index in [1.807, 2.05) is 26.1 Å². The second-order valence-corrected chi connectivity index (χ2v) is 5.50. The molecule has 1 aliphatic carbocycles. The molecular weight excluding hydrogens is 228 g/mol. The fourth-order valence-corrected chi connectivity index (χ4v) is 2.36. The molecule has 18 heavy (non-hydrogen) atoms. The first-order valence-electron chi connectivity index (χ1n) is 6.70. The lowest BCUT2D eigenvalue weighted by atomic mass is 9.96. The van der Waals surface area contributed by atoms with Gasteiger partial charge in [-0.3, -0.25) is 4.79 Å². The van der Waals surface area contributed by atoms with E-state index in [-0.39, 0.29) is 12.5 Å². The van der Waals surface area contributed by atoms with E-state index in [0.29, 0.717) is 5.92 Å². The predicted molar refractivity (Wildman–Crippen MR) is 70.6 cm³/mol. The highest BCUT2D eigenvalue weighted by Gasteiger charge is 2.31. The highest BCUT2D eigenvalue weighted by Crippen LogP contribution is 2.40. The molecule has 0 radical (unpaired) electrons. The van der Waals surface area contributed by atoms with Crippen molar-refractivity contribution in [1.29, 1.82) is 0 Å². The van der Waals surface area contributed by atoms with Gasteiger partial charge < -0.3 is 15.4 Å². The molecule has 0 saturated heterocycles. The Morgan fingerprint density at radius 1 is 1.61 bits per heavy atom. The summed E-state index contributed by atoms with van der Waals surface area (Å²) in [4.78, 5) is 15.4. The van der Waals surface area contributed by atoms with Gasteiger partial charge in [-0.1, -0.05) is 13.3 Å². The minimum Gasteiger partial charge on any atom is -0.394 e. The first-order chi connectivity index (χ1) is 8.59. The Morgan fingerprint density at radius 2 is 2.33 bits per heavy atom. The van der Waals surface area contributed by atoms with Gasteiger partial charge >= 0.3 is 0 Å². The molecule has 0 spiro atoms. The van der Waals surface area contributed by atoms with Gasteiger partial charge in [0.05, 0.1) is 17.7 Å². The van der Waals surface area contributed by atoms with Crippen molar-refractivity contribution in [3.8, 4) is 0 Å². The van der Waals surface area contributed by atoms with Crippen LogP contribution < -0.4 is 5.32 Å². The standard InChI is InChI=1S/C14H22N2O2/c1-3-7-14(2,9-17)16-13(18)11-6-8-15-12(11)10-4-5-10/h6,8,10,15,17H,3-5,7,9H2,1-2H3,(H,16,18)/t14-/m0/s1. The van der Waals surface area contributed by atoms with Crippen LogP contribution in [0.3, 0.4) is 0 Å². The van der Waals surface area contributed by atoms with Crippen molar-refractivity contribution >= 4 is 5.91 Å². The summed E-state index contributed by atoms with van der Waals surface area (Å²) in [6, 6.07) is 1.83. The summed E-state index contributed by atoms with van der Waals surface area (Å²) in [5, 5.41) is 12.4. The van der Waals surface area contributed by atoms with Crippen molar-refractivity contribution in [2.24, 2.45) is 0 Å². The van der Waals surface area contributed by atoms with Crippen molar-refractivity contribution in [2.45, 2.75) is 51.0 Å². The van der Waals surface area contributed by atoms with E-state index < -0.39 is 5.54 Å². The second kappa shape index (κ2) is 5.14. The van der Waals surface area contributed by atoms with Gasteiger partial charge in [0.2, 0.25) is 0 Å². The largest absolute Gasteiger partial charge is 0.394 e.